The second kappa shape index (κ2) is 6.52. The van der Waals surface area contributed by atoms with Crippen molar-refractivity contribution in [2.24, 2.45) is 0 Å². The molecule has 2 aromatic rings. The summed E-state index contributed by atoms with van der Waals surface area (Å²) in [5, 5.41) is 4.62. The van der Waals surface area contributed by atoms with E-state index in [1.807, 2.05) is 26.0 Å². The lowest BCUT2D eigenvalue weighted by Gasteiger charge is -2.24. The molecule has 106 valence electrons. The van der Waals surface area contributed by atoms with Crippen molar-refractivity contribution in [1.29, 1.82) is 0 Å². The Morgan fingerprint density at radius 1 is 1.45 bits per heavy atom. The summed E-state index contributed by atoms with van der Waals surface area (Å²) in [6.45, 7) is 4.99. The molecule has 0 fully saturated rings. The van der Waals surface area contributed by atoms with Crippen molar-refractivity contribution >= 4 is 17.5 Å². The normalized spacial score (nSPS) is 12.2. The second-order valence-corrected chi connectivity index (χ2v) is 4.96. The number of amides is 1. The van der Waals surface area contributed by atoms with Crippen molar-refractivity contribution in [2.75, 3.05) is 6.54 Å². The molecule has 2 rings (SSSR count). The third-order valence-electron chi connectivity index (χ3n) is 3.14. The van der Waals surface area contributed by atoms with Gasteiger partial charge < -0.3 is 4.90 Å². The van der Waals surface area contributed by atoms with E-state index in [-0.39, 0.29) is 11.9 Å². The molecule has 0 aliphatic rings. The highest BCUT2D eigenvalue weighted by Crippen LogP contribution is 2.15. The van der Waals surface area contributed by atoms with Gasteiger partial charge in [0.1, 0.15) is 6.04 Å². The summed E-state index contributed by atoms with van der Waals surface area (Å²) in [4.78, 5) is 18.3. The van der Waals surface area contributed by atoms with E-state index in [0.717, 1.165) is 5.56 Å². The Morgan fingerprint density at radius 3 is 2.70 bits per heavy atom. The van der Waals surface area contributed by atoms with Gasteiger partial charge in [0.15, 0.2) is 0 Å². The zero-order chi connectivity index (χ0) is 14.5. The van der Waals surface area contributed by atoms with Crippen LogP contribution in [-0.2, 0) is 11.3 Å². The lowest BCUT2D eigenvalue weighted by atomic mass is 10.2. The van der Waals surface area contributed by atoms with E-state index in [2.05, 4.69) is 10.1 Å². The first-order chi connectivity index (χ1) is 9.61. The molecule has 6 heteroatoms. The summed E-state index contributed by atoms with van der Waals surface area (Å²) in [6, 6.07) is 3.45. The highest BCUT2D eigenvalue weighted by atomic mass is 35.5. The third kappa shape index (κ3) is 3.36. The van der Waals surface area contributed by atoms with Crippen LogP contribution in [0.5, 0.6) is 0 Å². The monoisotopic (exact) mass is 292 g/mol. The minimum absolute atomic E-state index is 0.0177. The minimum atomic E-state index is -0.371. The maximum atomic E-state index is 12.5. The van der Waals surface area contributed by atoms with Crippen molar-refractivity contribution in [2.45, 2.75) is 26.4 Å². The van der Waals surface area contributed by atoms with Gasteiger partial charge in [-0.15, -0.1) is 0 Å². The summed E-state index contributed by atoms with van der Waals surface area (Å²) in [5.74, 6) is 0.0177. The van der Waals surface area contributed by atoms with Gasteiger partial charge in [0.25, 0.3) is 0 Å². The highest BCUT2D eigenvalue weighted by Gasteiger charge is 2.21. The van der Waals surface area contributed by atoms with Crippen LogP contribution in [0.25, 0.3) is 0 Å². The molecule has 0 aromatic carbocycles. The molecular formula is C14H17ClN4O. The van der Waals surface area contributed by atoms with Crippen LogP contribution in [0.4, 0.5) is 0 Å². The van der Waals surface area contributed by atoms with Crippen LogP contribution in [-0.4, -0.2) is 32.1 Å². The fourth-order valence-electron chi connectivity index (χ4n) is 1.96. The lowest BCUT2D eigenvalue weighted by molar-refractivity contribution is -0.135. The van der Waals surface area contributed by atoms with Crippen LogP contribution in [0.2, 0.25) is 5.02 Å². The third-order valence-corrected chi connectivity index (χ3v) is 3.34. The van der Waals surface area contributed by atoms with Crippen molar-refractivity contribution < 1.29 is 4.79 Å². The van der Waals surface area contributed by atoms with Gasteiger partial charge in [-0.2, -0.15) is 5.10 Å². The van der Waals surface area contributed by atoms with Gasteiger partial charge in [-0.1, -0.05) is 11.6 Å². The highest BCUT2D eigenvalue weighted by molar-refractivity contribution is 6.30. The molecule has 0 bridgehead atoms. The predicted octanol–water partition coefficient (Wildman–Crippen LogP) is 2.54. The first-order valence-corrected chi connectivity index (χ1v) is 6.87. The Hall–Kier alpha value is -1.88. The molecule has 5 nitrogen and oxygen atoms in total. The summed E-state index contributed by atoms with van der Waals surface area (Å²) in [6.07, 6.45) is 6.64. The van der Waals surface area contributed by atoms with Crippen LogP contribution in [0.15, 0.2) is 36.9 Å². The lowest BCUT2D eigenvalue weighted by Crippen LogP contribution is -2.35. The van der Waals surface area contributed by atoms with Gasteiger partial charge >= 0.3 is 0 Å². The van der Waals surface area contributed by atoms with E-state index >= 15 is 0 Å². The van der Waals surface area contributed by atoms with Gasteiger partial charge in [-0.05, 0) is 31.5 Å². The van der Waals surface area contributed by atoms with Crippen LogP contribution >= 0.6 is 11.6 Å². The van der Waals surface area contributed by atoms with Gasteiger partial charge in [0, 0.05) is 31.7 Å². The average Bonchev–Trinajstić information content (AvgIpc) is 2.91. The molecule has 1 atom stereocenters. The van der Waals surface area contributed by atoms with Gasteiger partial charge in [0.2, 0.25) is 5.91 Å². The molecule has 0 radical (unpaired) electrons. The first-order valence-electron chi connectivity index (χ1n) is 6.49. The molecule has 0 aliphatic heterocycles. The zero-order valence-electron chi connectivity index (χ0n) is 11.5. The molecule has 0 aliphatic carbocycles. The quantitative estimate of drug-likeness (QED) is 0.851. The smallest absolute Gasteiger partial charge is 0.247 e. The van der Waals surface area contributed by atoms with Gasteiger partial charge in [0.05, 0.1) is 11.2 Å². The molecule has 2 heterocycles. The predicted molar refractivity (Wildman–Crippen MR) is 77.3 cm³/mol. The number of pyridine rings is 1. The second-order valence-electron chi connectivity index (χ2n) is 4.52. The van der Waals surface area contributed by atoms with E-state index in [4.69, 9.17) is 11.6 Å². The molecule has 1 unspecified atom stereocenters. The Morgan fingerprint density at radius 2 is 2.15 bits per heavy atom. The molecule has 2 aromatic heterocycles. The largest absolute Gasteiger partial charge is 0.337 e. The van der Waals surface area contributed by atoms with Crippen LogP contribution < -0.4 is 0 Å². The van der Waals surface area contributed by atoms with Crippen LogP contribution in [0, 0.1) is 0 Å². The fraction of sp³-hybridized carbons (Fsp3) is 0.357. The number of aromatic nitrogens is 3. The fourth-order valence-corrected chi connectivity index (χ4v) is 2.10. The number of halogens is 1. The molecule has 0 N–H and O–H groups in total. The van der Waals surface area contributed by atoms with Crippen molar-refractivity contribution in [3.05, 3.63) is 47.5 Å². The Kier molecular flexibility index (Phi) is 4.74. The van der Waals surface area contributed by atoms with E-state index in [9.17, 15) is 4.79 Å². The number of nitrogens with zero attached hydrogens (tertiary/aromatic N) is 4. The van der Waals surface area contributed by atoms with E-state index in [1.165, 1.54) is 6.20 Å². The van der Waals surface area contributed by atoms with E-state index in [0.29, 0.717) is 18.1 Å². The van der Waals surface area contributed by atoms with Crippen molar-refractivity contribution in [3.8, 4) is 0 Å². The molecule has 0 spiro atoms. The number of carbonyl (C=O) groups excluding carboxylic acids is 1. The van der Waals surface area contributed by atoms with Gasteiger partial charge in [-0.3, -0.25) is 14.5 Å². The molecular weight excluding hydrogens is 276 g/mol. The number of carbonyl (C=O) groups is 1. The molecule has 20 heavy (non-hydrogen) atoms. The maximum absolute atomic E-state index is 12.5. The van der Waals surface area contributed by atoms with Crippen LogP contribution in [0.1, 0.15) is 25.5 Å². The maximum Gasteiger partial charge on any atom is 0.247 e. The standard InChI is InChI=1S/C14H17ClN4O/c1-3-18(9-12-4-6-16-7-5-12)14(20)11(2)19-10-13(15)8-17-19/h4-8,10-11H,3,9H2,1-2H3. The molecule has 0 saturated heterocycles. The Balaban J connectivity index is 2.09. The zero-order valence-corrected chi connectivity index (χ0v) is 12.3. The SMILES string of the molecule is CCN(Cc1ccncc1)C(=O)C(C)n1cc(Cl)cn1. The van der Waals surface area contributed by atoms with E-state index < -0.39 is 0 Å². The number of likely N-dealkylation sites (N-methyl/N-ethyl adjacent to an activating group) is 1. The summed E-state index contributed by atoms with van der Waals surface area (Å²) < 4.78 is 1.58. The topological polar surface area (TPSA) is 51.0 Å². The minimum Gasteiger partial charge on any atom is -0.337 e. The average molecular weight is 293 g/mol. The van der Waals surface area contributed by atoms with Crippen molar-refractivity contribution in [3.63, 3.8) is 0 Å². The molecule has 0 saturated carbocycles. The van der Waals surface area contributed by atoms with Crippen molar-refractivity contribution in [1.82, 2.24) is 19.7 Å². The van der Waals surface area contributed by atoms with Crippen LogP contribution in [0.3, 0.4) is 0 Å². The number of rotatable bonds is 5. The van der Waals surface area contributed by atoms with Gasteiger partial charge in [-0.25, -0.2) is 0 Å². The number of hydrogen-bond donors (Lipinski definition) is 0. The summed E-state index contributed by atoms with van der Waals surface area (Å²) in [7, 11) is 0. The molecule has 1 amide bonds. The van der Waals surface area contributed by atoms with E-state index in [1.54, 1.807) is 28.2 Å². The Labute approximate surface area is 123 Å². The number of hydrogen-bond acceptors (Lipinski definition) is 3. The first kappa shape index (κ1) is 14.5. The summed E-state index contributed by atoms with van der Waals surface area (Å²) in [5.41, 5.74) is 1.06. The Bertz CT molecular complexity index is 570. The summed E-state index contributed by atoms with van der Waals surface area (Å²) >= 11 is 5.84.